The zero-order chi connectivity index (χ0) is 13.3. The lowest BCUT2D eigenvalue weighted by Gasteiger charge is -2.06. The van der Waals surface area contributed by atoms with Gasteiger partial charge in [0.1, 0.15) is 0 Å². The Balaban J connectivity index is 2.47. The molecule has 2 rings (SSSR count). The lowest BCUT2D eigenvalue weighted by Crippen LogP contribution is -2.05. The van der Waals surface area contributed by atoms with Crippen molar-refractivity contribution in [2.24, 2.45) is 0 Å². The molecule has 18 heavy (non-hydrogen) atoms. The molecule has 0 aliphatic carbocycles. The summed E-state index contributed by atoms with van der Waals surface area (Å²) in [6, 6.07) is 9.88. The molecule has 2 N–H and O–H groups in total. The molecule has 0 radical (unpaired) electrons. The number of carbonyl (C=O) groups is 1. The average Bonchev–Trinajstić information content (AvgIpc) is 2.35. The highest BCUT2D eigenvalue weighted by molar-refractivity contribution is 9.10. The fourth-order valence-electron chi connectivity index (χ4n) is 1.52. The van der Waals surface area contributed by atoms with Crippen molar-refractivity contribution in [1.82, 2.24) is 0 Å². The van der Waals surface area contributed by atoms with Crippen LogP contribution in [0.1, 0.15) is 15.9 Å². The number of hydrogen-bond acceptors (Lipinski definition) is 2. The first kappa shape index (κ1) is 13.4. The summed E-state index contributed by atoms with van der Waals surface area (Å²) in [6.07, 6.45) is 0. The van der Waals surface area contributed by atoms with Crippen molar-refractivity contribution in [2.75, 3.05) is 5.73 Å². The molecule has 0 heterocycles. The number of carbonyl (C=O) groups excluding carboxylic acids is 1. The predicted molar refractivity (Wildman–Crippen MR) is 78.4 cm³/mol. The summed E-state index contributed by atoms with van der Waals surface area (Å²) < 4.78 is 0.792. The monoisotopic (exact) mass is 343 g/mol. The molecule has 92 valence electrons. The van der Waals surface area contributed by atoms with Gasteiger partial charge in [0, 0.05) is 21.3 Å². The highest BCUT2D eigenvalue weighted by Crippen LogP contribution is 2.26. The number of nitrogen functional groups attached to an aromatic ring is 1. The van der Waals surface area contributed by atoms with Gasteiger partial charge in [0.15, 0.2) is 5.78 Å². The molecule has 0 aliphatic heterocycles. The molecule has 0 aliphatic rings. The molecule has 5 heteroatoms. The first-order chi connectivity index (χ1) is 8.49. The van der Waals surface area contributed by atoms with E-state index in [1.165, 1.54) is 6.07 Å². The summed E-state index contributed by atoms with van der Waals surface area (Å²) in [7, 11) is 0. The molecule has 0 spiro atoms. The second-order valence-corrected chi connectivity index (χ2v) is 5.42. The van der Waals surface area contributed by atoms with Crippen LogP contribution < -0.4 is 5.73 Å². The van der Waals surface area contributed by atoms with Gasteiger partial charge in [0.05, 0.1) is 10.0 Å². The molecule has 0 atom stereocenters. The van der Waals surface area contributed by atoms with Gasteiger partial charge in [0.2, 0.25) is 0 Å². The summed E-state index contributed by atoms with van der Waals surface area (Å²) in [6.45, 7) is 0. The minimum Gasteiger partial charge on any atom is -0.398 e. The molecule has 0 bridgehead atoms. The van der Waals surface area contributed by atoms with Crippen LogP contribution in [-0.2, 0) is 0 Å². The Kier molecular flexibility index (Phi) is 3.95. The number of benzene rings is 2. The number of rotatable bonds is 2. The number of halogens is 3. The Labute approximate surface area is 123 Å². The van der Waals surface area contributed by atoms with Crippen LogP contribution in [0.15, 0.2) is 40.9 Å². The molecule has 0 fully saturated rings. The zero-order valence-electron chi connectivity index (χ0n) is 9.08. The van der Waals surface area contributed by atoms with Crippen LogP contribution in [0.2, 0.25) is 10.0 Å². The smallest absolute Gasteiger partial charge is 0.195 e. The van der Waals surface area contributed by atoms with Crippen molar-refractivity contribution >= 4 is 50.6 Å². The third-order valence-corrected chi connectivity index (χ3v) is 3.67. The summed E-state index contributed by atoms with van der Waals surface area (Å²) in [5, 5.41) is 0.756. The van der Waals surface area contributed by atoms with E-state index in [0.29, 0.717) is 26.9 Å². The van der Waals surface area contributed by atoms with Crippen LogP contribution in [0, 0.1) is 0 Å². The molecule has 0 unspecified atom stereocenters. The molecule has 0 saturated carbocycles. The van der Waals surface area contributed by atoms with E-state index in [1.54, 1.807) is 30.3 Å². The zero-order valence-corrected chi connectivity index (χ0v) is 12.2. The molecule has 0 aromatic heterocycles. The Hall–Kier alpha value is -1.03. The number of ketones is 1. The van der Waals surface area contributed by atoms with Crippen LogP contribution in [0.5, 0.6) is 0 Å². The summed E-state index contributed by atoms with van der Waals surface area (Å²) >= 11 is 15.0. The molecular formula is C13H8BrCl2NO. The van der Waals surface area contributed by atoms with Gasteiger partial charge in [-0.25, -0.2) is 0 Å². The fraction of sp³-hybridized carbons (Fsp3) is 0. The van der Waals surface area contributed by atoms with E-state index in [2.05, 4.69) is 15.9 Å². The maximum Gasteiger partial charge on any atom is 0.195 e. The minimum atomic E-state index is -0.188. The van der Waals surface area contributed by atoms with Crippen molar-refractivity contribution in [2.45, 2.75) is 0 Å². The Bertz CT molecular complexity index is 628. The van der Waals surface area contributed by atoms with Crippen LogP contribution >= 0.6 is 39.1 Å². The number of hydrogen-bond donors (Lipinski definition) is 1. The van der Waals surface area contributed by atoms with Gasteiger partial charge >= 0.3 is 0 Å². The third kappa shape index (κ3) is 2.69. The van der Waals surface area contributed by atoms with Crippen molar-refractivity contribution < 1.29 is 4.79 Å². The second kappa shape index (κ2) is 5.31. The van der Waals surface area contributed by atoms with Crippen molar-refractivity contribution in [3.8, 4) is 0 Å². The van der Waals surface area contributed by atoms with Gasteiger partial charge in [-0.15, -0.1) is 0 Å². The fourth-order valence-corrected chi connectivity index (χ4v) is 2.18. The Morgan fingerprint density at radius 2 is 1.78 bits per heavy atom. The predicted octanol–water partition coefficient (Wildman–Crippen LogP) is 4.57. The van der Waals surface area contributed by atoms with Gasteiger partial charge in [-0.2, -0.15) is 0 Å². The Morgan fingerprint density at radius 3 is 2.44 bits per heavy atom. The van der Waals surface area contributed by atoms with E-state index < -0.39 is 0 Å². The Morgan fingerprint density at radius 1 is 1.06 bits per heavy atom. The highest BCUT2D eigenvalue weighted by Gasteiger charge is 2.14. The maximum atomic E-state index is 12.3. The molecule has 0 amide bonds. The van der Waals surface area contributed by atoms with Crippen LogP contribution in [0.3, 0.4) is 0 Å². The summed E-state index contributed by atoms with van der Waals surface area (Å²) in [5.74, 6) is -0.188. The van der Waals surface area contributed by atoms with Gasteiger partial charge in [0.25, 0.3) is 0 Å². The van der Waals surface area contributed by atoms with Gasteiger partial charge in [-0.05, 0) is 36.4 Å². The molecule has 0 saturated heterocycles. The molecule has 2 aromatic carbocycles. The minimum absolute atomic E-state index is 0.188. The average molecular weight is 345 g/mol. The van der Waals surface area contributed by atoms with E-state index >= 15 is 0 Å². The first-order valence-corrected chi connectivity index (χ1v) is 6.58. The van der Waals surface area contributed by atoms with E-state index in [-0.39, 0.29) is 5.78 Å². The lowest BCUT2D eigenvalue weighted by molar-refractivity contribution is 0.103. The van der Waals surface area contributed by atoms with Crippen LogP contribution in [-0.4, -0.2) is 5.78 Å². The third-order valence-electron chi connectivity index (χ3n) is 2.44. The lowest BCUT2D eigenvalue weighted by atomic mass is 10.0. The number of anilines is 1. The topological polar surface area (TPSA) is 43.1 Å². The molecular weight excluding hydrogens is 337 g/mol. The second-order valence-electron chi connectivity index (χ2n) is 3.69. The van der Waals surface area contributed by atoms with E-state index in [4.69, 9.17) is 28.9 Å². The van der Waals surface area contributed by atoms with Crippen LogP contribution in [0.4, 0.5) is 5.69 Å². The standard InChI is InChI=1S/C13H8BrCl2NO/c14-8-2-4-12(17)9(6-8)13(18)7-1-3-10(15)11(16)5-7/h1-6H,17H2. The number of nitrogens with two attached hydrogens (primary N) is 1. The SMILES string of the molecule is Nc1ccc(Br)cc1C(=O)c1ccc(Cl)c(Cl)c1. The summed E-state index contributed by atoms with van der Waals surface area (Å²) in [4.78, 5) is 12.3. The maximum absolute atomic E-state index is 12.3. The molecule has 2 nitrogen and oxygen atoms in total. The quantitative estimate of drug-likeness (QED) is 0.640. The van der Waals surface area contributed by atoms with E-state index in [0.717, 1.165) is 4.47 Å². The van der Waals surface area contributed by atoms with Gasteiger partial charge in [-0.3, -0.25) is 4.79 Å². The van der Waals surface area contributed by atoms with E-state index in [9.17, 15) is 4.79 Å². The van der Waals surface area contributed by atoms with Crippen molar-refractivity contribution in [3.63, 3.8) is 0 Å². The highest BCUT2D eigenvalue weighted by atomic mass is 79.9. The van der Waals surface area contributed by atoms with Crippen molar-refractivity contribution in [1.29, 1.82) is 0 Å². The van der Waals surface area contributed by atoms with Crippen LogP contribution in [0.25, 0.3) is 0 Å². The largest absolute Gasteiger partial charge is 0.398 e. The van der Waals surface area contributed by atoms with Gasteiger partial charge < -0.3 is 5.73 Å². The first-order valence-electron chi connectivity index (χ1n) is 5.04. The van der Waals surface area contributed by atoms with Gasteiger partial charge in [-0.1, -0.05) is 39.1 Å². The van der Waals surface area contributed by atoms with E-state index in [1.807, 2.05) is 0 Å². The summed E-state index contributed by atoms with van der Waals surface area (Å²) in [5.41, 5.74) is 7.11. The van der Waals surface area contributed by atoms with Crippen molar-refractivity contribution in [3.05, 3.63) is 62.0 Å². The normalized spacial score (nSPS) is 10.4. The molecule has 2 aromatic rings.